The Bertz CT molecular complexity index is 808. The molecule has 0 saturated heterocycles. The minimum Gasteiger partial charge on any atom is -0.497 e. The van der Waals surface area contributed by atoms with Crippen molar-refractivity contribution in [3.63, 3.8) is 0 Å². The fourth-order valence-electron chi connectivity index (χ4n) is 1.89. The summed E-state index contributed by atoms with van der Waals surface area (Å²) in [7, 11) is 3.04. The Morgan fingerprint density at radius 2 is 1.84 bits per heavy atom. The van der Waals surface area contributed by atoms with E-state index in [1.165, 1.54) is 20.4 Å². The molecule has 0 unspecified atom stereocenters. The van der Waals surface area contributed by atoms with Crippen molar-refractivity contribution in [3.05, 3.63) is 53.1 Å². The van der Waals surface area contributed by atoms with Gasteiger partial charge in [0.1, 0.15) is 11.5 Å². The molecular weight excluding hydrogens is 346 g/mol. The second-order valence-electron chi connectivity index (χ2n) is 4.74. The zero-order chi connectivity index (χ0) is 18.2. The first kappa shape index (κ1) is 18.3. The van der Waals surface area contributed by atoms with Gasteiger partial charge in [-0.1, -0.05) is 23.7 Å². The number of hydrazone groups is 1. The van der Waals surface area contributed by atoms with Crippen LogP contribution in [0.1, 0.15) is 5.56 Å². The lowest BCUT2D eigenvalue weighted by Gasteiger charge is -2.07. The van der Waals surface area contributed by atoms with Crippen LogP contribution in [-0.2, 0) is 9.59 Å². The fourth-order valence-corrected chi connectivity index (χ4v) is 2.08. The molecule has 0 aliphatic rings. The van der Waals surface area contributed by atoms with Crippen LogP contribution < -0.4 is 20.2 Å². The lowest BCUT2D eigenvalue weighted by Crippen LogP contribution is -2.32. The number of nitrogens with one attached hydrogen (secondary N) is 2. The number of benzene rings is 2. The van der Waals surface area contributed by atoms with E-state index in [1.54, 1.807) is 42.5 Å². The van der Waals surface area contributed by atoms with Crippen molar-refractivity contribution in [3.8, 4) is 11.5 Å². The topological polar surface area (TPSA) is 89.0 Å². The summed E-state index contributed by atoms with van der Waals surface area (Å²) in [5, 5.41) is 6.48. The van der Waals surface area contributed by atoms with Gasteiger partial charge in [0.15, 0.2) is 0 Å². The lowest BCUT2D eigenvalue weighted by molar-refractivity contribution is -0.136. The molecule has 0 saturated carbocycles. The number of rotatable bonds is 5. The SMILES string of the molecule is COc1ccc(OC)c(/C=N\NC(=O)C(=O)Nc2ccccc2Cl)c1. The van der Waals surface area contributed by atoms with Gasteiger partial charge in [-0.2, -0.15) is 5.10 Å². The van der Waals surface area contributed by atoms with E-state index in [0.29, 0.717) is 27.8 Å². The molecule has 0 aliphatic carbocycles. The van der Waals surface area contributed by atoms with E-state index < -0.39 is 11.8 Å². The number of hydrogen-bond donors (Lipinski definition) is 2. The highest BCUT2D eigenvalue weighted by Crippen LogP contribution is 2.22. The minimum absolute atomic E-state index is 0.327. The van der Waals surface area contributed by atoms with E-state index in [4.69, 9.17) is 21.1 Å². The molecular formula is C17H16ClN3O4. The van der Waals surface area contributed by atoms with Gasteiger partial charge < -0.3 is 14.8 Å². The standard InChI is InChI=1S/C17H16ClN3O4/c1-24-12-7-8-15(25-2)11(9-12)10-19-21-17(23)16(22)20-14-6-4-3-5-13(14)18/h3-10H,1-2H3,(H,20,22)(H,21,23)/b19-10-. The minimum atomic E-state index is -0.932. The molecule has 2 aromatic rings. The van der Waals surface area contributed by atoms with Crippen molar-refractivity contribution < 1.29 is 19.1 Å². The number of carbonyl (C=O) groups is 2. The molecule has 2 N–H and O–H groups in total. The highest BCUT2D eigenvalue weighted by atomic mass is 35.5. The summed E-state index contributed by atoms with van der Waals surface area (Å²) in [6.45, 7) is 0. The van der Waals surface area contributed by atoms with Crippen molar-refractivity contribution in [1.29, 1.82) is 0 Å². The number of carbonyl (C=O) groups excluding carboxylic acids is 2. The first-order chi connectivity index (χ1) is 12.0. The first-order valence-electron chi connectivity index (χ1n) is 7.16. The van der Waals surface area contributed by atoms with Crippen LogP contribution >= 0.6 is 11.6 Å². The number of ether oxygens (including phenoxy) is 2. The molecule has 0 bridgehead atoms. The third-order valence-electron chi connectivity index (χ3n) is 3.13. The van der Waals surface area contributed by atoms with Crippen molar-refractivity contribution in [2.75, 3.05) is 19.5 Å². The lowest BCUT2D eigenvalue weighted by atomic mass is 10.2. The maximum atomic E-state index is 11.8. The monoisotopic (exact) mass is 361 g/mol. The summed E-state index contributed by atoms with van der Waals surface area (Å²) in [4.78, 5) is 23.6. The quantitative estimate of drug-likeness (QED) is 0.486. The van der Waals surface area contributed by atoms with E-state index in [2.05, 4.69) is 15.8 Å². The number of nitrogens with zero attached hydrogens (tertiary/aromatic N) is 1. The van der Waals surface area contributed by atoms with Crippen molar-refractivity contribution in [2.24, 2.45) is 5.10 Å². The normalized spacial score (nSPS) is 10.4. The van der Waals surface area contributed by atoms with E-state index in [9.17, 15) is 9.59 Å². The maximum Gasteiger partial charge on any atom is 0.329 e. The summed E-state index contributed by atoms with van der Waals surface area (Å²) in [6, 6.07) is 11.7. The van der Waals surface area contributed by atoms with Crippen LogP contribution in [0.4, 0.5) is 5.69 Å². The zero-order valence-electron chi connectivity index (χ0n) is 13.6. The van der Waals surface area contributed by atoms with Crippen molar-refractivity contribution in [1.82, 2.24) is 5.43 Å². The molecule has 0 heterocycles. The van der Waals surface area contributed by atoms with Gasteiger partial charge in [-0.3, -0.25) is 9.59 Å². The van der Waals surface area contributed by atoms with Crippen LogP contribution in [0.5, 0.6) is 11.5 Å². The number of para-hydroxylation sites is 1. The molecule has 25 heavy (non-hydrogen) atoms. The molecule has 2 aromatic carbocycles. The van der Waals surface area contributed by atoms with Gasteiger partial charge in [-0.05, 0) is 30.3 Å². The Labute approximate surface area is 149 Å². The average Bonchev–Trinajstić information content (AvgIpc) is 2.63. The van der Waals surface area contributed by atoms with Crippen LogP contribution in [0, 0.1) is 0 Å². The smallest absolute Gasteiger partial charge is 0.329 e. The molecule has 2 rings (SSSR count). The van der Waals surface area contributed by atoms with Gasteiger partial charge in [0.05, 0.1) is 31.1 Å². The summed E-state index contributed by atoms with van der Waals surface area (Å²) >= 11 is 5.92. The Kier molecular flexibility index (Phi) is 6.36. The van der Waals surface area contributed by atoms with Gasteiger partial charge in [0, 0.05) is 5.56 Å². The molecule has 0 spiro atoms. The van der Waals surface area contributed by atoms with Crippen LogP contribution in [0.3, 0.4) is 0 Å². The highest BCUT2D eigenvalue weighted by molar-refractivity contribution is 6.41. The summed E-state index contributed by atoms with van der Waals surface area (Å²) in [5.41, 5.74) is 3.05. The molecule has 7 nitrogen and oxygen atoms in total. The molecule has 0 fully saturated rings. The Morgan fingerprint density at radius 1 is 1.08 bits per heavy atom. The number of hydrogen-bond acceptors (Lipinski definition) is 5. The second-order valence-corrected chi connectivity index (χ2v) is 5.15. The third kappa shape index (κ3) is 4.95. The van der Waals surface area contributed by atoms with Crippen LogP contribution in [0.15, 0.2) is 47.6 Å². The summed E-state index contributed by atoms with van der Waals surface area (Å²) < 4.78 is 10.3. The number of anilines is 1. The largest absolute Gasteiger partial charge is 0.497 e. The highest BCUT2D eigenvalue weighted by Gasteiger charge is 2.14. The fraction of sp³-hybridized carbons (Fsp3) is 0.118. The maximum absolute atomic E-state index is 11.8. The van der Waals surface area contributed by atoms with Gasteiger partial charge >= 0.3 is 11.8 Å². The van der Waals surface area contributed by atoms with Crippen LogP contribution in [-0.4, -0.2) is 32.2 Å². The van der Waals surface area contributed by atoms with E-state index in [-0.39, 0.29) is 0 Å². The van der Waals surface area contributed by atoms with Gasteiger partial charge in [-0.15, -0.1) is 0 Å². The Balaban J connectivity index is 2.00. The van der Waals surface area contributed by atoms with Gasteiger partial charge in [-0.25, -0.2) is 5.43 Å². The average molecular weight is 362 g/mol. The van der Waals surface area contributed by atoms with E-state index >= 15 is 0 Å². The van der Waals surface area contributed by atoms with E-state index in [0.717, 1.165) is 0 Å². The van der Waals surface area contributed by atoms with Crippen LogP contribution in [0.2, 0.25) is 5.02 Å². The number of methoxy groups -OCH3 is 2. The first-order valence-corrected chi connectivity index (χ1v) is 7.54. The number of halogens is 1. The van der Waals surface area contributed by atoms with Gasteiger partial charge in [0.25, 0.3) is 0 Å². The molecule has 0 atom stereocenters. The van der Waals surface area contributed by atoms with Crippen molar-refractivity contribution >= 4 is 35.3 Å². The molecule has 0 aliphatic heterocycles. The second kappa shape index (κ2) is 8.70. The molecule has 0 aromatic heterocycles. The molecule has 2 amide bonds. The molecule has 0 radical (unpaired) electrons. The van der Waals surface area contributed by atoms with E-state index in [1.807, 2.05) is 0 Å². The Morgan fingerprint density at radius 3 is 2.52 bits per heavy atom. The number of amides is 2. The van der Waals surface area contributed by atoms with Crippen molar-refractivity contribution in [2.45, 2.75) is 0 Å². The zero-order valence-corrected chi connectivity index (χ0v) is 14.3. The summed E-state index contributed by atoms with van der Waals surface area (Å²) in [6.07, 6.45) is 1.35. The van der Waals surface area contributed by atoms with Gasteiger partial charge in [0.2, 0.25) is 0 Å². The summed E-state index contributed by atoms with van der Waals surface area (Å²) in [5.74, 6) is -0.676. The predicted octanol–water partition coefficient (Wildman–Crippen LogP) is 2.45. The van der Waals surface area contributed by atoms with Crippen LogP contribution in [0.25, 0.3) is 0 Å². The third-order valence-corrected chi connectivity index (χ3v) is 3.46. The predicted molar refractivity (Wildman–Crippen MR) is 95.4 cm³/mol. The molecule has 8 heteroatoms. The molecule has 130 valence electrons. The Hall–Kier alpha value is -3.06.